The lowest BCUT2D eigenvalue weighted by Crippen LogP contribution is -2.03. The fraction of sp³-hybridized carbons (Fsp3) is 0.385. The third kappa shape index (κ3) is 36.0. The Morgan fingerprint density at radius 3 is 1.55 bits per heavy atom. The number of hydrogen-bond acceptors (Lipinski definition) is 7. The molecule has 1 aromatic rings. The van der Waals surface area contributed by atoms with Crippen LogP contribution in [-0.2, 0) is 14.3 Å². The number of isocyanates is 2. The molecule has 0 aliphatic heterocycles. The molecule has 1 aromatic carbocycles. The number of carbonyl (C=O) groups excluding carboxylic acids is 2. The highest BCUT2D eigenvalue weighted by Gasteiger charge is 1.79. The number of benzene rings is 1. The minimum absolute atomic E-state index is 0.0278. The van der Waals surface area contributed by atoms with Crippen LogP contribution in [0.5, 0.6) is 0 Å². The molecule has 7 nitrogen and oxygen atoms in total. The van der Waals surface area contributed by atoms with Crippen molar-refractivity contribution in [3.63, 3.8) is 0 Å². The number of rotatable bonds is 4. The fourth-order valence-corrected chi connectivity index (χ4v) is 0.766. The van der Waals surface area contributed by atoms with Gasteiger partial charge in [-0.1, -0.05) is 35.9 Å². The van der Waals surface area contributed by atoms with Crippen LogP contribution in [0.1, 0.15) is 5.56 Å². The van der Waals surface area contributed by atoms with Gasteiger partial charge < -0.3 is 14.9 Å². The molecular weight excluding hydrogens is 264 g/mol. The summed E-state index contributed by atoms with van der Waals surface area (Å²) in [6.45, 7) is 2.78. The number of aliphatic hydroxyl groups excluding tert-OH is 2. The van der Waals surface area contributed by atoms with Crippen molar-refractivity contribution >= 4 is 12.2 Å². The molecule has 0 bridgehead atoms. The average Bonchev–Trinajstić information content (AvgIpc) is 2.43. The lowest BCUT2D eigenvalue weighted by atomic mass is 10.2. The lowest BCUT2D eigenvalue weighted by molar-refractivity contribution is 0.0650. The molecule has 0 saturated carbocycles. The Morgan fingerprint density at radius 2 is 1.35 bits per heavy atom. The fourth-order valence-electron chi connectivity index (χ4n) is 0.766. The van der Waals surface area contributed by atoms with Crippen molar-refractivity contribution in [1.29, 1.82) is 10.8 Å². The van der Waals surface area contributed by atoms with E-state index in [0.717, 1.165) is 12.2 Å². The Morgan fingerprint density at radius 1 is 1.00 bits per heavy atom. The van der Waals surface area contributed by atoms with Crippen LogP contribution in [0.3, 0.4) is 0 Å². The minimum Gasteiger partial charge on any atom is -0.394 e. The minimum atomic E-state index is 0.0278. The standard InChI is InChI=1S/C7H8.C4H10O3.2CHNO/c1-7-5-3-2-4-6-7;5-1-3-7-4-2-6;2*2-1-3/h2-6H,1H3;5-6H,1-4H2;2*2H. The van der Waals surface area contributed by atoms with Crippen molar-refractivity contribution < 1.29 is 24.5 Å². The summed E-state index contributed by atoms with van der Waals surface area (Å²) in [6, 6.07) is 10.3. The first-order valence-corrected chi connectivity index (χ1v) is 5.53. The molecule has 0 aliphatic carbocycles. The van der Waals surface area contributed by atoms with Crippen molar-refractivity contribution in [3.8, 4) is 0 Å². The van der Waals surface area contributed by atoms with Crippen LogP contribution in [0.2, 0.25) is 0 Å². The number of nitrogens with one attached hydrogen (secondary N) is 2. The molecule has 20 heavy (non-hydrogen) atoms. The average molecular weight is 284 g/mol. The molecule has 0 radical (unpaired) electrons. The molecule has 0 unspecified atom stereocenters. The van der Waals surface area contributed by atoms with E-state index >= 15 is 0 Å². The van der Waals surface area contributed by atoms with E-state index in [1.807, 2.05) is 18.2 Å². The van der Waals surface area contributed by atoms with Gasteiger partial charge in [0.15, 0.2) is 0 Å². The second-order valence-corrected chi connectivity index (χ2v) is 2.92. The molecule has 4 N–H and O–H groups in total. The van der Waals surface area contributed by atoms with Gasteiger partial charge in [-0.15, -0.1) is 0 Å². The number of ether oxygens (including phenoxy) is 1. The zero-order valence-corrected chi connectivity index (χ0v) is 11.3. The van der Waals surface area contributed by atoms with Gasteiger partial charge in [-0.05, 0) is 6.92 Å². The van der Waals surface area contributed by atoms with Crippen molar-refractivity contribution in [3.05, 3.63) is 35.9 Å². The van der Waals surface area contributed by atoms with Gasteiger partial charge in [0.1, 0.15) is 0 Å². The molecule has 7 heteroatoms. The Bertz CT molecular complexity index is 329. The molecule has 0 atom stereocenters. The quantitative estimate of drug-likeness (QED) is 0.368. The Balaban J connectivity index is -0.000000210. The molecule has 0 heterocycles. The topological polar surface area (TPSA) is 132 Å². The number of aliphatic hydroxyl groups is 2. The van der Waals surface area contributed by atoms with Crippen LogP contribution in [0, 0.1) is 17.7 Å². The van der Waals surface area contributed by atoms with Crippen LogP contribution >= 0.6 is 0 Å². The second-order valence-electron chi connectivity index (χ2n) is 2.92. The molecule has 0 fully saturated rings. The van der Waals surface area contributed by atoms with E-state index in [1.54, 1.807) is 0 Å². The maximum Gasteiger partial charge on any atom is 0.231 e. The molecule has 112 valence electrons. The van der Waals surface area contributed by atoms with Gasteiger partial charge in [-0.25, -0.2) is 20.4 Å². The van der Waals surface area contributed by atoms with Crippen LogP contribution in [0.4, 0.5) is 0 Å². The predicted molar refractivity (Wildman–Crippen MR) is 73.0 cm³/mol. The van der Waals surface area contributed by atoms with Crippen molar-refractivity contribution in [2.45, 2.75) is 6.92 Å². The first kappa shape index (κ1) is 23.0. The number of aryl methyl sites for hydroxylation is 1. The highest BCUT2D eigenvalue weighted by atomic mass is 16.5. The van der Waals surface area contributed by atoms with Gasteiger partial charge in [-0.3, -0.25) is 0 Å². The monoisotopic (exact) mass is 284 g/mol. The molecule has 0 spiro atoms. The normalized spacial score (nSPS) is 7.15. The van der Waals surface area contributed by atoms with Crippen molar-refractivity contribution in [2.24, 2.45) is 0 Å². The van der Waals surface area contributed by atoms with Crippen LogP contribution in [0.15, 0.2) is 30.3 Å². The maximum atomic E-state index is 8.35. The molecule has 0 aromatic heterocycles. The van der Waals surface area contributed by atoms with Crippen molar-refractivity contribution in [2.75, 3.05) is 26.4 Å². The lowest BCUT2D eigenvalue weighted by Gasteiger charge is -1.94. The van der Waals surface area contributed by atoms with Crippen LogP contribution in [0.25, 0.3) is 0 Å². The zero-order chi connectivity index (χ0) is 16.1. The van der Waals surface area contributed by atoms with E-state index in [1.165, 1.54) is 5.56 Å². The smallest absolute Gasteiger partial charge is 0.231 e. The van der Waals surface area contributed by atoms with E-state index in [2.05, 4.69) is 23.8 Å². The summed E-state index contributed by atoms with van der Waals surface area (Å²) < 4.78 is 4.63. The number of hydrogen-bond donors (Lipinski definition) is 4. The Kier molecular flexibility index (Phi) is 29.5. The van der Waals surface area contributed by atoms with E-state index in [9.17, 15) is 0 Å². The molecule has 0 aliphatic rings. The highest BCUT2D eigenvalue weighted by molar-refractivity contribution is 5.26. The van der Waals surface area contributed by atoms with E-state index in [-0.39, 0.29) is 13.2 Å². The van der Waals surface area contributed by atoms with E-state index in [4.69, 9.17) is 30.6 Å². The summed E-state index contributed by atoms with van der Waals surface area (Å²) in [7, 11) is 0. The molecular formula is C13H20N2O5. The third-order valence-electron chi connectivity index (χ3n) is 1.41. The summed E-state index contributed by atoms with van der Waals surface area (Å²) in [5.74, 6) is 0. The Labute approximate surface area is 117 Å². The highest BCUT2D eigenvalue weighted by Crippen LogP contribution is 1.92. The molecule has 0 saturated heterocycles. The maximum absolute atomic E-state index is 8.35. The van der Waals surface area contributed by atoms with Gasteiger partial charge >= 0.3 is 0 Å². The summed E-state index contributed by atoms with van der Waals surface area (Å²) in [6.07, 6.45) is 1.50. The first-order chi connectivity index (χ1) is 9.64. The van der Waals surface area contributed by atoms with Gasteiger partial charge in [0.05, 0.1) is 26.4 Å². The summed E-state index contributed by atoms with van der Waals surface area (Å²) in [4.78, 5) is 16.7. The SMILES string of the molecule is Cc1ccccc1.N=C=O.N=C=O.OCCOCCO. The van der Waals surface area contributed by atoms with Crippen molar-refractivity contribution in [1.82, 2.24) is 0 Å². The Hall–Kier alpha value is -2.14. The van der Waals surface area contributed by atoms with E-state index < -0.39 is 0 Å². The first-order valence-electron chi connectivity index (χ1n) is 5.53. The van der Waals surface area contributed by atoms with Crippen LogP contribution in [-0.4, -0.2) is 48.8 Å². The predicted octanol–water partition coefficient (Wildman–Crippen LogP) is 0.785. The largest absolute Gasteiger partial charge is 0.394 e. The van der Waals surface area contributed by atoms with Gasteiger partial charge in [-0.2, -0.15) is 0 Å². The van der Waals surface area contributed by atoms with Crippen LogP contribution < -0.4 is 0 Å². The second kappa shape index (κ2) is 25.6. The zero-order valence-electron chi connectivity index (χ0n) is 11.3. The third-order valence-corrected chi connectivity index (χ3v) is 1.41. The summed E-state index contributed by atoms with van der Waals surface area (Å²) in [5.41, 5.74) is 1.32. The van der Waals surface area contributed by atoms with Gasteiger partial charge in [0.25, 0.3) is 0 Å². The van der Waals surface area contributed by atoms with Gasteiger partial charge in [0.2, 0.25) is 12.2 Å². The molecule has 1 rings (SSSR count). The summed E-state index contributed by atoms with van der Waals surface area (Å²) in [5, 5.41) is 27.0. The van der Waals surface area contributed by atoms with Gasteiger partial charge in [0, 0.05) is 0 Å². The molecule has 0 amide bonds. The van der Waals surface area contributed by atoms with E-state index in [0.29, 0.717) is 13.2 Å². The summed E-state index contributed by atoms with van der Waals surface area (Å²) >= 11 is 0.